The number of rotatable bonds is 13. The van der Waals surface area contributed by atoms with Crippen molar-refractivity contribution in [1.29, 1.82) is 0 Å². The van der Waals surface area contributed by atoms with Gasteiger partial charge < -0.3 is 10.5 Å². The van der Waals surface area contributed by atoms with Gasteiger partial charge in [0, 0.05) is 26.0 Å². The van der Waals surface area contributed by atoms with Crippen LogP contribution in [0, 0.1) is 11.8 Å². The number of hydroxylamine groups is 1. The average molecular weight is 557 g/mol. The minimum absolute atomic E-state index is 0.0447. The molecule has 0 radical (unpaired) electrons. The van der Waals surface area contributed by atoms with E-state index in [1.54, 1.807) is 6.92 Å². The van der Waals surface area contributed by atoms with Gasteiger partial charge in [-0.3, -0.25) is 14.4 Å². The van der Waals surface area contributed by atoms with Crippen molar-refractivity contribution in [2.75, 3.05) is 13.2 Å². The molecule has 3 amide bonds. The number of carbonyl (C=O) groups excluding carboxylic acids is 3. The summed E-state index contributed by atoms with van der Waals surface area (Å²) in [6.45, 7) is 6.37. The van der Waals surface area contributed by atoms with Gasteiger partial charge in [0.05, 0.1) is 6.04 Å². The zero-order valence-electron chi connectivity index (χ0n) is 24.4. The molecule has 1 aromatic carbocycles. The maximum Gasteiger partial charge on any atom is 0.268 e. The highest BCUT2D eigenvalue weighted by molar-refractivity contribution is 5.90. The van der Waals surface area contributed by atoms with Crippen LogP contribution in [0.5, 0.6) is 0 Å². The number of ether oxygens (including phenoxy) is 1. The molecule has 1 unspecified atom stereocenters. The molecule has 3 N–H and O–H groups in total. The molecule has 1 aliphatic carbocycles. The predicted molar refractivity (Wildman–Crippen MR) is 155 cm³/mol. The molecule has 1 heterocycles. The van der Waals surface area contributed by atoms with Crippen molar-refractivity contribution in [2.24, 2.45) is 17.6 Å². The van der Waals surface area contributed by atoms with Gasteiger partial charge in [-0.1, -0.05) is 82.0 Å². The van der Waals surface area contributed by atoms with Crippen molar-refractivity contribution < 1.29 is 24.0 Å². The van der Waals surface area contributed by atoms with Crippen LogP contribution in [0.1, 0.15) is 90.5 Å². The van der Waals surface area contributed by atoms with Crippen LogP contribution in [0.25, 0.3) is 6.08 Å². The molecule has 40 heavy (non-hydrogen) atoms. The summed E-state index contributed by atoms with van der Waals surface area (Å²) in [6, 6.07) is 7.89. The molecule has 1 aromatic rings. The van der Waals surface area contributed by atoms with E-state index in [0.717, 1.165) is 37.7 Å². The number of amides is 3. The lowest BCUT2D eigenvalue weighted by Gasteiger charge is -2.41. The number of hydrazine groups is 1. The third-order valence-electron chi connectivity index (χ3n) is 7.43. The van der Waals surface area contributed by atoms with Crippen molar-refractivity contribution in [3.8, 4) is 0 Å². The van der Waals surface area contributed by atoms with Gasteiger partial charge in [0.2, 0.25) is 5.91 Å². The van der Waals surface area contributed by atoms with E-state index in [9.17, 15) is 14.4 Å². The highest BCUT2D eigenvalue weighted by Crippen LogP contribution is 2.29. The van der Waals surface area contributed by atoms with E-state index >= 15 is 0 Å². The monoisotopic (exact) mass is 556 g/mol. The standard InChI is InChI=1S/C31H48N4O5/c1-23(2)22-34(31(38)24(3)32)35(28(36)20-19-26-14-7-8-15-26)27(17-11-16-25-12-5-4-6-13-25)30(37)33-40-29-18-9-10-21-39-29/h4-6,11-13,16,23-24,26-27,29H,7-10,14-15,17-22,32H2,1-3H3,(H,33,37)/t24-,27+,29?/m1/s1. The molecule has 9 heteroatoms. The molecule has 1 aliphatic heterocycles. The summed E-state index contributed by atoms with van der Waals surface area (Å²) >= 11 is 0. The highest BCUT2D eigenvalue weighted by atomic mass is 16.8. The number of nitrogens with one attached hydrogen (secondary N) is 1. The molecule has 0 bridgehead atoms. The van der Waals surface area contributed by atoms with E-state index < -0.39 is 30.2 Å². The minimum atomic E-state index is -1.01. The van der Waals surface area contributed by atoms with E-state index in [-0.39, 0.29) is 31.2 Å². The van der Waals surface area contributed by atoms with Crippen molar-refractivity contribution in [2.45, 2.75) is 103 Å². The van der Waals surface area contributed by atoms with Crippen LogP contribution in [0.2, 0.25) is 0 Å². The molecule has 0 spiro atoms. The Morgan fingerprint density at radius 3 is 2.40 bits per heavy atom. The topological polar surface area (TPSA) is 114 Å². The zero-order chi connectivity index (χ0) is 28.9. The van der Waals surface area contributed by atoms with Gasteiger partial charge >= 0.3 is 0 Å². The van der Waals surface area contributed by atoms with Crippen LogP contribution in [0.4, 0.5) is 0 Å². The lowest BCUT2D eigenvalue weighted by molar-refractivity contribution is -0.206. The fourth-order valence-electron chi connectivity index (χ4n) is 5.29. The van der Waals surface area contributed by atoms with Crippen LogP contribution in [0.15, 0.2) is 36.4 Å². The summed E-state index contributed by atoms with van der Waals surface area (Å²) in [5, 5.41) is 2.75. The van der Waals surface area contributed by atoms with Gasteiger partial charge in [-0.15, -0.1) is 0 Å². The summed E-state index contributed by atoms with van der Waals surface area (Å²) in [7, 11) is 0. The molecule has 3 atom stereocenters. The first-order chi connectivity index (χ1) is 19.3. The molecule has 1 saturated carbocycles. The first kappa shape index (κ1) is 31.8. The maximum absolute atomic E-state index is 14.0. The summed E-state index contributed by atoms with van der Waals surface area (Å²) in [4.78, 5) is 46.7. The first-order valence-electron chi connectivity index (χ1n) is 14.9. The average Bonchev–Trinajstić information content (AvgIpc) is 3.48. The van der Waals surface area contributed by atoms with Crippen molar-refractivity contribution in [3.05, 3.63) is 42.0 Å². The smallest absolute Gasteiger partial charge is 0.268 e. The molecule has 2 fully saturated rings. The van der Waals surface area contributed by atoms with Gasteiger partial charge in [0.15, 0.2) is 6.29 Å². The van der Waals surface area contributed by atoms with Crippen molar-refractivity contribution >= 4 is 23.8 Å². The molecular formula is C31H48N4O5. The van der Waals surface area contributed by atoms with Gasteiger partial charge in [0.25, 0.3) is 11.8 Å². The molecule has 3 rings (SSSR count). The Morgan fingerprint density at radius 2 is 1.77 bits per heavy atom. The third kappa shape index (κ3) is 10.0. The van der Waals surface area contributed by atoms with E-state index in [2.05, 4.69) is 5.48 Å². The number of nitrogens with zero attached hydrogens (tertiary/aromatic N) is 2. The highest BCUT2D eigenvalue weighted by Gasteiger charge is 2.38. The summed E-state index contributed by atoms with van der Waals surface area (Å²) in [5.74, 6) is -0.630. The zero-order valence-corrected chi connectivity index (χ0v) is 24.4. The predicted octanol–water partition coefficient (Wildman–Crippen LogP) is 4.58. The Morgan fingerprint density at radius 1 is 1.07 bits per heavy atom. The Kier molecular flexibility index (Phi) is 13.1. The van der Waals surface area contributed by atoms with E-state index in [0.29, 0.717) is 18.9 Å². The molecular weight excluding hydrogens is 508 g/mol. The molecule has 222 valence electrons. The second kappa shape index (κ2) is 16.5. The van der Waals surface area contributed by atoms with E-state index in [1.165, 1.54) is 22.9 Å². The molecule has 2 aliphatic rings. The number of hydrogen-bond donors (Lipinski definition) is 2. The number of hydrogen-bond acceptors (Lipinski definition) is 6. The maximum atomic E-state index is 14.0. The lowest BCUT2D eigenvalue weighted by Crippen LogP contribution is -2.62. The normalized spacial score (nSPS) is 19.5. The quantitative estimate of drug-likeness (QED) is 0.344. The number of benzene rings is 1. The minimum Gasteiger partial charge on any atom is -0.350 e. The van der Waals surface area contributed by atoms with Crippen LogP contribution in [-0.2, 0) is 24.0 Å². The van der Waals surface area contributed by atoms with Gasteiger partial charge in [0.1, 0.15) is 6.04 Å². The van der Waals surface area contributed by atoms with Crippen molar-refractivity contribution in [3.63, 3.8) is 0 Å². The number of carbonyl (C=O) groups is 3. The molecule has 9 nitrogen and oxygen atoms in total. The van der Waals surface area contributed by atoms with Crippen molar-refractivity contribution in [1.82, 2.24) is 15.5 Å². The van der Waals surface area contributed by atoms with E-state index in [4.69, 9.17) is 15.3 Å². The molecule has 0 aromatic heterocycles. The Balaban J connectivity index is 1.91. The van der Waals surface area contributed by atoms with Gasteiger partial charge in [-0.2, -0.15) is 0 Å². The Bertz CT molecular complexity index is 956. The lowest BCUT2D eigenvalue weighted by atomic mass is 10.0. The van der Waals surface area contributed by atoms with Crippen LogP contribution < -0.4 is 11.2 Å². The second-order valence-electron chi connectivity index (χ2n) is 11.5. The summed E-state index contributed by atoms with van der Waals surface area (Å²) in [5.41, 5.74) is 9.57. The fourth-order valence-corrected chi connectivity index (χ4v) is 5.29. The molecule has 1 saturated heterocycles. The summed E-state index contributed by atoms with van der Waals surface area (Å²) in [6.07, 6.45) is 11.6. The fraction of sp³-hybridized carbons (Fsp3) is 0.645. The first-order valence-corrected chi connectivity index (χ1v) is 14.9. The second-order valence-corrected chi connectivity index (χ2v) is 11.5. The SMILES string of the molecule is CC(C)CN(C(=O)[C@@H](C)N)N(C(=O)CCC1CCCC1)[C@@H](CC=Cc1ccccc1)C(=O)NOC1CCCCO1. The number of nitrogens with two attached hydrogens (primary N) is 1. The van der Waals surface area contributed by atoms with Crippen LogP contribution >= 0.6 is 0 Å². The van der Waals surface area contributed by atoms with Crippen LogP contribution in [-0.4, -0.2) is 59.3 Å². The Labute approximate surface area is 239 Å². The summed E-state index contributed by atoms with van der Waals surface area (Å²) < 4.78 is 5.61. The van der Waals surface area contributed by atoms with E-state index in [1.807, 2.05) is 56.3 Å². The Hall–Kier alpha value is -2.75. The van der Waals surface area contributed by atoms with Gasteiger partial charge in [-0.05, 0) is 50.0 Å². The third-order valence-corrected chi connectivity index (χ3v) is 7.43. The van der Waals surface area contributed by atoms with Gasteiger partial charge in [-0.25, -0.2) is 20.3 Å². The van der Waals surface area contributed by atoms with Crippen LogP contribution in [0.3, 0.4) is 0 Å². The largest absolute Gasteiger partial charge is 0.350 e.